The Hall–Kier alpha value is -2.69. The van der Waals surface area contributed by atoms with Crippen LogP contribution in [0.25, 0.3) is 17.0 Å². The highest BCUT2D eigenvalue weighted by molar-refractivity contribution is 5.94. The minimum absolute atomic E-state index is 0.129. The summed E-state index contributed by atoms with van der Waals surface area (Å²) in [6, 6.07) is 10.7. The third-order valence-corrected chi connectivity index (χ3v) is 2.64. The summed E-state index contributed by atoms with van der Waals surface area (Å²) in [5.74, 6) is -1.02. The molecule has 0 saturated carbocycles. The number of rotatable bonds is 2. The average Bonchev–Trinajstić information content (AvgIpc) is 2.79. The second kappa shape index (κ2) is 3.96. The van der Waals surface area contributed by atoms with Crippen molar-refractivity contribution in [1.82, 2.24) is 14.4 Å². The lowest BCUT2D eigenvalue weighted by Gasteiger charge is -1.98. The Bertz CT molecular complexity index is 719. The van der Waals surface area contributed by atoms with Crippen molar-refractivity contribution < 1.29 is 9.90 Å². The molecule has 0 unspecified atom stereocenters. The molecule has 5 nitrogen and oxygen atoms in total. The molecule has 0 saturated heterocycles. The molecule has 18 heavy (non-hydrogen) atoms. The van der Waals surface area contributed by atoms with E-state index in [9.17, 15) is 9.90 Å². The molecular formula is C13H9N3O2. The van der Waals surface area contributed by atoms with Gasteiger partial charge in [-0.05, 0) is 24.3 Å². The van der Waals surface area contributed by atoms with Gasteiger partial charge in [0.25, 0.3) is 0 Å². The van der Waals surface area contributed by atoms with Crippen LogP contribution in [0.15, 0.2) is 48.8 Å². The van der Waals surface area contributed by atoms with Crippen LogP contribution in [-0.4, -0.2) is 25.4 Å². The monoisotopic (exact) mass is 239 g/mol. The molecule has 0 radical (unpaired) electrons. The van der Waals surface area contributed by atoms with Gasteiger partial charge in [0.1, 0.15) is 11.3 Å². The van der Waals surface area contributed by atoms with Gasteiger partial charge in [0.15, 0.2) is 5.69 Å². The number of carboxylic acid groups (broad SMARTS) is 1. The third-order valence-electron chi connectivity index (χ3n) is 2.64. The maximum Gasteiger partial charge on any atom is 0.355 e. The van der Waals surface area contributed by atoms with Crippen molar-refractivity contribution in [2.45, 2.75) is 0 Å². The molecule has 0 spiro atoms. The first kappa shape index (κ1) is 10.5. The van der Waals surface area contributed by atoms with Gasteiger partial charge in [0.2, 0.25) is 0 Å². The summed E-state index contributed by atoms with van der Waals surface area (Å²) in [5, 5.41) is 9.33. The van der Waals surface area contributed by atoms with Crippen molar-refractivity contribution in [3.63, 3.8) is 0 Å². The fourth-order valence-corrected chi connectivity index (χ4v) is 1.88. The predicted octanol–water partition coefficient (Wildman–Crippen LogP) is 2.09. The van der Waals surface area contributed by atoms with Crippen LogP contribution >= 0.6 is 0 Å². The summed E-state index contributed by atoms with van der Waals surface area (Å²) in [4.78, 5) is 19.9. The van der Waals surface area contributed by atoms with E-state index in [-0.39, 0.29) is 5.69 Å². The van der Waals surface area contributed by atoms with E-state index in [0.29, 0.717) is 17.0 Å². The number of aromatic carboxylic acids is 1. The summed E-state index contributed by atoms with van der Waals surface area (Å²) >= 11 is 0. The lowest BCUT2D eigenvalue weighted by atomic mass is 10.2. The zero-order valence-electron chi connectivity index (χ0n) is 9.32. The molecule has 5 heteroatoms. The van der Waals surface area contributed by atoms with Gasteiger partial charge in [-0.15, -0.1) is 0 Å². The number of carboxylic acids is 1. The summed E-state index contributed by atoms with van der Waals surface area (Å²) in [7, 11) is 0. The van der Waals surface area contributed by atoms with Crippen molar-refractivity contribution >= 4 is 11.6 Å². The standard InChI is InChI=1S/C13H9N3O2/c17-13(18)12-11(9-5-1-3-7-14-9)15-10-6-2-4-8-16(10)12/h1-8H,(H,17,18). The van der Waals surface area contributed by atoms with Crippen molar-refractivity contribution in [2.24, 2.45) is 0 Å². The van der Waals surface area contributed by atoms with E-state index in [1.165, 1.54) is 0 Å². The molecule has 3 aromatic rings. The summed E-state index contributed by atoms with van der Waals surface area (Å²) in [5.41, 5.74) is 1.66. The van der Waals surface area contributed by atoms with Crippen LogP contribution in [0.2, 0.25) is 0 Å². The molecule has 3 heterocycles. The van der Waals surface area contributed by atoms with Crippen molar-refractivity contribution in [1.29, 1.82) is 0 Å². The Kier molecular flexibility index (Phi) is 2.30. The first-order valence-corrected chi connectivity index (χ1v) is 5.39. The van der Waals surface area contributed by atoms with Crippen LogP contribution in [0, 0.1) is 0 Å². The fourth-order valence-electron chi connectivity index (χ4n) is 1.88. The van der Waals surface area contributed by atoms with Gasteiger partial charge < -0.3 is 5.11 Å². The largest absolute Gasteiger partial charge is 0.476 e. The molecule has 0 amide bonds. The Balaban J connectivity index is 2.36. The van der Waals surface area contributed by atoms with E-state index in [1.54, 1.807) is 47.1 Å². The predicted molar refractivity (Wildman–Crippen MR) is 65.4 cm³/mol. The van der Waals surface area contributed by atoms with Gasteiger partial charge in [-0.2, -0.15) is 0 Å². The van der Waals surface area contributed by atoms with Gasteiger partial charge in [-0.25, -0.2) is 9.78 Å². The number of nitrogens with zero attached hydrogens (tertiary/aromatic N) is 3. The summed E-state index contributed by atoms with van der Waals surface area (Å²) in [6.07, 6.45) is 3.29. The van der Waals surface area contributed by atoms with Crippen LogP contribution < -0.4 is 0 Å². The summed E-state index contributed by atoms with van der Waals surface area (Å²) in [6.45, 7) is 0. The van der Waals surface area contributed by atoms with E-state index in [1.807, 2.05) is 6.07 Å². The second-order valence-corrected chi connectivity index (χ2v) is 3.76. The highest BCUT2D eigenvalue weighted by Gasteiger charge is 2.19. The molecule has 1 N–H and O–H groups in total. The van der Waals surface area contributed by atoms with Gasteiger partial charge in [0, 0.05) is 12.4 Å². The lowest BCUT2D eigenvalue weighted by Crippen LogP contribution is -2.03. The number of pyridine rings is 2. The van der Waals surface area contributed by atoms with Crippen molar-refractivity contribution in [2.75, 3.05) is 0 Å². The average molecular weight is 239 g/mol. The Labute approximate surface area is 102 Å². The molecule has 88 valence electrons. The minimum Gasteiger partial charge on any atom is -0.476 e. The van der Waals surface area contributed by atoms with Crippen LogP contribution in [-0.2, 0) is 0 Å². The summed E-state index contributed by atoms with van der Waals surface area (Å²) < 4.78 is 1.55. The van der Waals surface area contributed by atoms with Crippen LogP contribution in [0.5, 0.6) is 0 Å². The normalized spacial score (nSPS) is 10.7. The number of fused-ring (bicyclic) bond motifs is 1. The van der Waals surface area contributed by atoms with Crippen molar-refractivity contribution in [3.8, 4) is 11.4 Å². The van der Waals surface area contributed by atoms with Crippen molar-refractivity contribution in [3.05, 3.63) is 54.5 Å². The van der Waals surface area contributed by atoms with E-state index in [4.69, 9.17) is 0 Å². The number of hydrogen-bond acceptors (Lipinski definition) is 3. The van der Waals surface area contributed by atoms with E-state index in [0.717, 1.165) is 0 Å². The first-order chi connectivity index (χ1) is 8.77. The maximum absolute atomic E-state index is 11.4. The molecule has 0 aliphatic rings. The molecule has 0 aromatic carbocycles. The number of aromatic nitrogens is 3. The highest BCUT2D eigenvalue weighted by atomic mass is 16.4. The third kappa shape index (κ3) is 1.53. The van der Waals surface area contributed by atoms with Gasteiger partial charge >= 0.3 is 5.97 Å². The van der Waals surface area contributed by atoms with Gasteiger partial charge in [0.05, 0.1) is 5.69 Å². The van der Waals surface area contributed by atoms with Crippen LogP contribution in [0.4, 0.5) is 0 Å². The molecule has 3 aromatic heterocycles. The fraction of sp³-hybridized carbons (Fsp3) is 0. The molecule has 0 fully saturated rings. The Morgan fingerprint density at radius 2 is 2.00 bits per heavy atom. The van der Waals surface area contributed by atoms with Gasteiger partial charge in [-0.3, -0.25) is 9.38 Å². The zero-order valence-corrected chi connectivity index (χ0v) is 9.32. The molecular weight excluding hydrogens is 230 g/mol. The molecule has 3 rings (SSSR count). The molecule has 0 aliphatic heterocycles. The second-order valence-electron chi connectivity index (χ2n) is 3.76. The lowest BCUT2D eigenvalue weighted by molar-refractivity contribution is 0.0690. The maximum atomic E-state index is 11.4. The first-order valence-electron chi connectivity index (χ1n) is 5.39. The van der Waals surface area contributed by atoms with Crippen LogP contribution in [0.1, 0.15) is 10.5 Å². The number of carbonyl (C=O) groups is 1. The smallest absolute Gasteiger partial charge is 0.355 e. The number of imidazole rings is 1. The van der Waals surface area contributed by atoms with Gasteiger partial charge in [-0.1, -0.05) is 12.1 Å². The Morgan fingerprint density at radius 3 is 2.72 bits per heavy atom. The Morgan fingerprint density at radius 1 is 1.17 bits per heavy atom. The number of hydrogen-bond donors (Lipinski definition) is 1. The highest BCUT2D eigenvalue weighted by Crippen LogP contribution is 2.22. The van der Waals surface area contributed by atoms with E-state index < -0.39 is 5.97 Å². The molecule has 0 atom stereocenters. The topological polar surface area (TPSA) is 67.5 Å². The molecule has 0 aliphatic carbocycles. The van der Waals surface area contributed by atoms with E-state index >= 15 is 0 Å². The quantitative estimate of drug-likeness (QED) is 0.743. The van der Waals surface area contributed by atoms with Crippen LogP contribution in [0.3, 0.4) is 0 Å². The van der Waals surface area contributed by atoms with E-state index in [2.05, 4.69) is 9.97 Å². The SMILES string of the molecule is O=C(O)c1c(-c2ccccn2)nc2ccccn12. The minimum atomic E-state index is -1.02. The zero-order chi connectivity index (χ0) is 12.5. The molecule has 0 bridgehead atoms.